The van der Waals surface area contributed by atoms with Crippen molar-refractivity contribution in [2.75, 3.05) is 0 Å². The fourth-order valence-electron chi connectivity index (χ4n) is 10.5. The molecular weight excluding hydrogens is 416 g/mol. The van der Waals surface area contributed by atoms with Gasteiger partial charge < -0.3 is 4.74 Å². The number of carbonyl (C=O) groups excluding carboxylic acids is 1. The van der Waals surface area contributed by atoms with E-state index in [9.17, 15) is 4.79 Å². The summed E-state index contributed by atoms with van der Waals surface area (Å²) in [6.45, 7) is 19.5. The molecule has 0 aromatic carbocycles. The Bertz CT molecular complexity index is 842. The molecule has 0 radical (unpaired) electrons. The van der Waals surface area contributed by atoms with Gasteiger partial charge >= 0.3 is 5.97 Å². The predicted molar refractivity (Wildman–Crippen MR) is 140 cm³/mol. The van der Waals surface area contributed by atoms with E-state index in [4.69, 9.17) is 4.74 Å². The number of carbonyl (C=O) groups is 1. The highest BCUT2D eigenvalue weighted by atomic mass is 16.5. The molecule has 0 N–H and O–H groups in total. The molecule has 192 valence electrons. The van der Waals surface area contributed by atoms with E-state index >= 15 is 0 Å². The Balaban J connectivity index is 1.33. The van der Waals surface area contributed by atoms with E-state index in [1.807, 2.05) is 5.57 Å². The van der Waals surface area contributed by atoms with Crippen LogP contribution in [-0.4, -0.2) is 12.1 Å². The van der Waals surface area contributed by atoms with Crippen LogP contribution in [0, 0.1) is 63.6 Å². The normalized spacial score (nSPS) is 49.4. The molecule has 0 aromatic rings. The smallest absolute Gasteiger partial charge is 0.302 e. The number of esters is 1. The van der Waals surface area contributed by atoms with E-state index in [1.165, 1.54) is 44.9 Å². The molecule has 0 spiro atoms. The first-order valence-electron chi connectivity index (χ1n) is 14.8. The Kier molecular flexibility index (Phi) is 6.13. The number of ether oxygens (including phenoxy) is 1. The van der Waals surface area contributed by atoms with Crippen LogP contribution in [0.5, 0.6) is 0 Å². The molecule has 5 rings (SSSR count). The van der Waals surface area contributed by atoms with Crippen molar-refractivity contribution in [3.05, 3.63) is 11.6 Å². The maximum atomic E-state index is 11.6. The second-order valence-electron chi connectivity index (χ2n) is 14.7. The zero-order valence-corrected chi connectivity index (χ0v) is 23.5. The summed E-state index contributed by atoms with van der Waals surface area (Å²) in [4.78, 5) is 11.6. The van der Waals surface area contributed by atoms with Gasteiger partial charge in [-0.25, -0.2) is 0 Å². The standard InChI is InChI=1S/C32H52O2/c1-19(2)21(4)32(8)18-29(32)20(3)26-11-12-27-25-10-9-23-17-24(34-22(5)33)13-15-30(23,6)28(25)14-16-31(26,27)7/h10,19-21,23-24,26-29H,9,11-18H2,1-8H3/t20-,21?,23?,24-,26+,27-,28-,29?,30-,31+,32?/m0/s1. The van der Waals surface area contributed by atoms with Crippen molar-refractivity contribution >= 4 is 5.97 Å². The van der Waals surface area contributed by atoms with Gasteiger partial charge in [0.1, 0.15) is 6.10 Å². The molecule has 2 nitrogen and oxygen atoms in total. The van der Waals surface area contributed by atoms with E-state index < -0.39 is 0 Å². The average molecular weight is 469 g/mol. The minimum absolute atomic E-state index is 0.102. The lowest BCUT2D eigenvalue weighted by Gasteiger charge is -2.58. The van der Waals surface area contributed by atoms with Crippen LogP contribution in [-0.2, 0) is 9.53 Å². The van der Waals surface area contributed by atoms with Crippen molar-refractivity contribution < 1.29 is 9.53 Å². The molecule has 4 saturated carbocycles. The number of hydrogen-bond donors (Lipinski definition) is 0. The van der Waals surface area contributed by atoms with Gasteiger partial charge in [-0.15, -0.1) is 0 Å². The molecule has 0 heterocycles. The van der Waals surface area contributed by atoms with Crippen LogP contribution in [0.2, 0.25) is 0 Å². The maximum Gasteiger partial charge on any atom is 0.302 e. The first kappa shape index (κ1) is 24.9. The van der Waals surface area contributed by atoms with Crippen LogP contribution in [0.25, 0.3) is 0 Å². The second-order valence-corrected chi connectivity index (χ2v) is 14.7. The lowest BCUT2D eigenvalue weighted by Crippen LogP contribution is -2.50. The maximum absolute atomic E-state index is 11.6. The van der Waals surface area contributed by atoms with E-state index in [0.717, 1.165) is 54.3 Å². The van der Waals surface area contributed by atoms with Crippen LogP contribution in [0.1, 0.15) is 113 Å². The lowest BCUT2D eigenvalue weighted by molar-refractivity contribution is -0.152. The summed E-state index contributed by atoms with van der Waals surface area (Å²) in [5, 5.41) is 0. The highest BCUT2D eigenvalue weighted by molar-refractivity contribution is 5.66. The molecular formula is C32H52O2. The molecule has 0 aromatic heterocycles. The third kappa shape index (κ3) is 3.66. The molecule has 0 saturated heterocycles. The van der Waals surface area contributed by atoms with Crippen molar-refractivity contribution in [2.24, 2.45) is 63.6 Å². The van der Waals surface area contributed by atoms with Crippen LogP contribution in [0.4, 0.5) is 0 Å². The first-order valence-corrected chi connectivity index (χ1v) is 14.8. The van der Waals surface area contributed by atoms with Gasteiger partial charge in [-0.2, -0.15) is 0 Å². The van der Waals surface area contributed by atoms with E-state index in [0.29, 0.717) is 22.2 Å². The Labute approximate surface area is 210 Å². The van der Waals surface area contributed by atoms with Gasteiger partial charge in [-0.1, -0.05) is 60.1 Å². The molecule has 34 heavy (non-hydrogen) atoms. The van der Waals surface area contributed by atoms with Gasteiger partial charge in [0, 0.05) is 6.92 Å². The minimum Gasteiger partial charge on any atom is -0.463 e. The molecule has 0 bridgehead atoms. The van der Waals surface area contributed by atoms with E-state index in [2.05, 4.69) is 54.5 Å². The Hall–Kier alpha value is -0.790. The summed E-state index contributed by atoms with van der Waals surface area (Å²) in [6, 6.07) is 0. The molecule has 0 amide bonds. The van der Waals surface area contributed by atoms with Crippen molar-refractivity contribution in [1.82, 2.24) is 0 Å². The van der Waals surface area contributed by atoms with Gasteiger partial charge in [0.25, 0.3) is 0 Å². The SMILES string of the molecule is CC(=O)O[C@H]1CC[C@@]2(C)C(CC=C3[C@@H]4CC[C@H]([C@H](C)C5CC5(C)C(C)C(C)C)[C@@]4(C)CC[C@@H]32)C1. The number of hydrogen-bond acceptors (Lipinski definition) is 2. The van der Waals surface area contributed by atoms with Crippen molar-refractivity contribution in [1.29, 1.82) is 0 Å². The number of fused-ring (bicyclic) bond motifs is 5. The summed E-state index contributed by atoms with van der Waals surface area (Å²) in [5.74, 6) is 6.49. The summed E-state index contributed by atoms with van der Waals surface area (Å²) in [7, 11) is 0. The molecule has 2 heteroatoms. The quantitative estimate of drug-likeness (QED) is 0.299. The summed E-state index contributed by atoms with van der Waals surface area (Å²) < 4.78 is 5.66. The summed E-state index contributed by atoms with van der Waals surface area (Å²) >= 11 is 0. The molecule has 4 fully saturated rings. The van der Waals surface area contributed by atoms with Crippen LogP contribution >= 0.6 is 0 Å². The molecule has 0 aliphatic heterocycles. The van der Waals surface area contributed by atoms with Crippen molar-refractivity contribution in [3.63, 3.8) is 0 Å². The summed E-state index contributed by atoms with van der Waals surface area (Å²) in [6.07, 6.45) is 14.6. The molecule has 4 unspecified atom stereocenters. The topological polar surface area (TPSA) is 26.3 Å². The predicted octanol–water partition coefficient (Wildman–Crippen LogP) is 8.45. The minimum atomic E-state index is -0.102. The third-order valence-corrected chi connectivity index (χ3v) is 13.1. The summed E-state index contributed by atoms with van der Waals surface area (Å²) in [5.41, 5.74) is 3.35. The van der Waals surface area contributed by atoms with Gasteiger partial charge in [0.15, 0.2) is 0 Å². The van der Waals surface area contributed by atoms with Gasteiger partial charge in [0.2, 0.25) is 0 Å². The number of allylic oxidation sites excluding steroid dienone is 2. The fourth-order valence-corrected chi connectivity index (χ4v) is 10.5. The molecule has 5 aliphatic rings. The van der Waals surface area contributed by atoms with Crippen molar-refractivity contribution in [3.8, 4) is 0 Å². The Morgan fingerprint density at radius 3 is 2.29 bits per heavy atom. The highest BCUT2D eigenvalue weighted by Crippen LogP contribution is 2.71. The van der Waals surface area contributed by atoms with Crippen LogP contribution in [0.3, 0.4) is 0 Å². The Morgan fingerprint density at radius 2 is 1.62 bits per heavy atom. The monoisotopic (exact) mass is 468 g/mol. The largest absolute Gasteiger partial charge is 0.463 e. The number of rotatable bonds is 5. The second kappa shape index (κ2) is 8.37. The zero-order chi connectivity index (χ0) is 24.6. The van der Waals surface area contributed by atoms with Crippen LogP contribution < -0.4 is 0 Å². The first-order chi connectivity index (χ1) is 15.9. The average Bonchev–Trinajstić information content (AvgIpc) is 3.34. The zero-order valence-electron chi connectivity index (χ0n) is 23.5. The lowest BCUT2D eigenvalue weighted by atomic mass is 9.47. The van der Waals surface area contributed by atoms with Gasteiger partial charge in [-0.3, -0.25) is 4.79 Å². The van der Waals surface area contributed by atoms with E-state index in [-0.39, 0.29) is 12.1 Å². The molecule has 11 atom stereocenters. The highest BCUT2D eigenvalue weighted by Gasteiger charge is 2.63. The van der Waals surface area contributed by atoms with Gasteiger partial charge in [-0.05, 0) is 121 Å². The molecule has 5 aliphatic carbocycles. The van der Waals surface area contributed by atoms with Crippen molar-refractivity contribution in [2.45, 2.75) is 119 Å². The van der Waals surface area contributed by atoms with Gasteiger partial charge in [0.05, 0.1) is 0 Å². The van der Waals surface area contributed by atoms with Crippen LogP contribution in [0.15, 0.2) is 11.6 Å². The Morgan fingerprint density at radius 1 is 0.941 bits per heavy atom. The van der Waals surface area contributed by atoms with E-state index in [1.54, 1.807) is 6.92 Å². The third-order valence-electron chi connectivity index (χ3n) is 13.1. The fraction of sp³-hybridized carbons (Fsp3) is 0.906.